The zero-order valence-electron chi connectivity index (χ0n) is 16.6. The Balaban J connectivity index is 2.14. The van der Waals surface area contributed by atoms with Crippen molar-refractivity contribution >= 4 is 5.97 Å². The van der Waals surface area contributed by atoms with Crippen LogP contribution >= 0.6 is 0 Å². The summed E-state index contributed by atoms with van der Waals surface area (Å²) >= 11 is 0. The highest BCUT2D eigenvalue weighted by atomic mass is 16.6. The summed E-state index contributed by atoms with van der Waals surface area (Å²) in [7, 11) is 2.11. The van der Waals surface area contributed by atoms with Gasteiger partial charge in [-0.3, -0.25) is 0 Å². The summed E-state index contributed by atoms with van der Waals surface area (Å²) in [5.41, 5.74) is 2.86. The molecule has 0 radical (unpaired) electrons. The van der Waals surface area contributed by atoms with E-state index in [0.717, 1.165) is 30.6 Å². The number of esters is 1. The van der Waals surface area contributed by atoms with E-state index in [1.807, 2.05) is 32.9 Å². The van der Waals surface area contributed by atoms with E-state index < -0.39 is 5.97 Å². The number of allylic oxidation sites excluding steroid dienone is 2. The topological polar surface area (TPSA) is 59.0 Å². The molecule has 1 aromatic rings. The van der Waals surface area contributed by atoms with E-state index in [9.17, 15) is 9.90 Å². The highest BCUT2D eigenvalue weighted by Gasteiger charge is 2.50. The number of ether oxygens (including phenoxy) is 2. The number of rotatable bonds is 5. The van der Waals surface area contributed by atoms with Crippen LogP contribution < -0.4 is 9.47 Å². The first-order valence-electron chi connectivity index (χ1n) is 9.54. The average molecular weight is 371 g/mol. The third kappa shape index (κ3) is 3.66. The number of hydrogen-bond donors (Lipinski definition) is 1. The molecule has 0 aromatic heterocycles. The van der Waals surface area contributed by atoms with Crippen LogP contribution in [0.1, 0.15) is 44.7 Å². The Kier molecular flexibility index (Phi) is 5.72. The Labute approximate surface area is 161 Å². The number of aliphatic hydroxyl groups is 1. The molecule has 0 aliphatic carbocycles. The molecule has 27 heavy (non-hydrogen) atoms. The first-order valence-corrected chi connectivity index (χ1v) is 9.54. The van der Waals surface area contributed by atoms with Crippen LogP contribution in [0.5, 0.6) is 11.5 Å². The lowest BCUT2D eigenvalue weighted by Crippen LogP contribution is -2.38. The molecule has 5 nitrogen and oxygen atoms in total. The predicted molar refractivity (Wildman–Crippen MR) is 105 cm³/mol. The first-order chi connectivity index (χ1) is 12.9. The Morgan fingerprint density at radius 2 is 2.22 bits per heavy atom. The largest absolute Gasteiger partial charge is 0.485 e. The fourth-order valence-electron chi connectivity index (χ4n) is 4.26. The Morgan fingerprint density at radius 3 is 2.89 bits per heavy atom. The maximum absolute atomic E-state index is 12.2. The van der Waals surface area contributed by atoms with Gasteiger partial charge >= 0.3 is 5.97 Å². The van der Waals surface area contributed by atoms with Crippen molar-refractivity contribution in [3.63, 3.8) is 0 Å². The van der Waals surface area contributed by atoms with E-state index >= 15 is 0 Å². The van der Waals surface area contributed by atoms with Crippen LogP contribution in [-0.4, -0.2) is 42.3 Å². The second-order valence-corrected chi connectivity index (χ2v) is 7.72. The number of carbonyl (C=O) groups is 1. The van der Waals surface area contributed by atoms with Gasteiger partial charge in [-0.15, -0.1) is 0 Å². The predicted octanol–water partition coefficient (Wildman–Crippen LogP) is 3.35. The normalized spacial score (nSPS) is 24.3. The minimum Gasteiger partial charge on any atom is -0.485 e. The zero-order valence-corrected chi connectivity index (χ0v) is 16.6. The number of carbonyl (C=O) groups excluding carboxylic acids is 1. The molecule has 0 saturated carbocycles. The average Bonchev–Trinajstić information content (AvgIpc) is 2.82. The van der Waals surface area contributed by atoms with E-state index in [1.54, 1.807) is 0 Å². The molecule has 0 saturated heterocycles. The van der Waals surface area contributed by atoms with Crippen molar-refractivity contribution in [1.82, 2.24) is 4.90 Å². The Morgan fingerprint density at radius 1 is 1.44 bits per heavy atom. The molecule has 5 heteroatoms. The molecule has 146 valence electrons. The molecule has 0 bridgehead atoms. The summed E-state index contributed by atoms with van der Waals surface area (Å²) in [4.78, 5) is 14.5. The van der Waals surface area contributed by atoms with Crippen molar-refractivity contribution in [3.8, 4) is 11.5 Å². The van der Waals surface area contributed by atoms with Gasteiger partial charge in [0.05, 0.1) is 5.41 Å². The molecule has 2 heterocycles. The minimum absolute atomic E-state index is 0.0516. The second kappa shape index (κ2) is 7.87. The maximum Gasteiger partial charge on any atom is 0.336 e. The molecule has 1 N–H and O–H groups in total. The highest BCUT2D eigenvalue weighted by Crippen LogP contribution is 2.54. The van der Waals surface area contributed by atoms with Crippen LogP contribution in [0.15, 0.2) is 35.9 Å². The molecule has 2 aliphatic rings. The second-order valence-electron chi connectivity index (χ2n) is 7.72. The van der Waals surface area contributed by atoms with Gasteiger partial charge < -0.3 is 19.5 Å². The molecule has 3 rings (SSSR count). The fourth-order valence-corrected chi connectivity index (χ4v) is 4.26. The molecule has 2 aliphatic heterocycles. The van der Waals surface area contributed by atoms with Crippen LogP contribution in [0.2, 0.25) is 0 Å². The van der Waals surface area contributed by atoms with Crippen molar-refractivity contribution in [1.29, 1.82) is 0 Å². The summed E-state index contributed by atoms with van der Waals surface area (Å²) < 4.78 is 11.9. The number of aliphatic hydroxyl groups excluding tert-OH is 1. The van der Waals surface area contributed by atoms with Crippen molar-refractivity contribution in [2.45, 2.75) is 51.7 Å². The van der Waals surface area contributed by atoms with Crippen molar-refractivity contribution in [2.75, 3.05) is 20.2 Å². The number of benzene rings is 1. The maximum atomic E-state index is 12.2. The fraction of sp³-hybridized carbons (Fsp3) is 0.500. The van der Waals surface area contributed by atoms with Gasteiger partial charge in [0, 0.05) is 31.2 Å². The quantitative estimate of drug-likeness (QED) is 0.372. The van der Waals surface area contributed by atoms with Gasteiger partial charge in [0.2, 0.25) is 0 Å². The van der Waals surface area contributed by atoms with Crippen LogP contribution in [0.25, 0.3) is 0 Å². The number of hydrogen-bond acceptors (Lipinski definition) is 5. The van der Waals surface area contributed by atoms with Crippen molar-refractivity contribution in [2.24, 2.45) is 0 Å². The summed E-state index contributed by atoms with van der Waals surface area (Å²) in [6.45, 7) is 7.53. The van der Waals surface area contributed by atoms with E-state index in [-0.39, 0.29) is 18.1 Å². The summed E-state index contributed by atoms with van der Waals surface area (Å²) in [6.07, 6.45) is 6.98. The van der Waals surface area contributed by atoms with Gasteiger partial charge in [-0.2, -0.15) is 0 Å². The van der Waals surface area contributed by atoms with Crippen molar-refractivity contribution < 1.29 is 19.4 Å². The Bertz CT molecular complexity index is 779. The molecular formula is C22H29NO4. The zero-order chi connectivity index (χ0) is 19.6. The molecular weight excluding hydrogens is 342 g/mol. The SMILES string of the molecule is C/C=C\[C@@]12CCN(C)Cc3ccc(OC(=O)C=C(C)C)c(c31)OC2CCO. The minimum atomic E-state index is -0.400. The lowest BCUT2D eigenvalue weighted by molar-refractivity contribution is -0.129. The monoisotopic (exact) mass is 371 g/mol. The first kappa shape index (κ1) is 19.6. The van der Waals surface area contributed by atoms with E-state index in [4.69, 9.17) is 9.47 Å². The number of nitrogens with zero attached hydrogens (tertiary/aromatic N) is 1. The van der Waals surface area contributed by atoms with Gasteiger partial charge in [-0.25, -0.2) is 4.79 Å². The molecule has 1 aromatic carbocycles. The van der Waals surface area contributed by atoms with Crippen molar-refractivity contribution in [3.05, 3.63) is 47.1 Å². The lowest BCUT2D eigenvalue weighted by atomic mass is 9.72. The molecule has 2 atom stereocenters. The molecule has 0 fully saturated rings. The molecule has 0 amide bonds. The summed E-state index contributed by atoms with van der Waals surface area (Å²) in [5.74, 6) is 0.702. The summed E-state index contributed by atoms with van der Waals surface area (Å²) in [5, 5.41) is 9.62. The lowest BCUT2D eigenvalue weighted by Gasteiger charge is -2.31. The Hall–Kier alpha value is -2.11. The third-order valence-corrected chi connectivity index (χ3v) is 5.33. The third-order valence-electron chi connectivity index (χ3n) is 5.33. The summed E-state index contributed by atoms with van der Waals surface area (Å²) in [6, 6.07) is 3.86. The van der Waals surface area contributed by atoms with Crippen LogP contribution in [0.4, 0.5) is 0 Å². The molecule has 0 spiro atoms. The highest BCUT2D eigenvalue weighted by molar-refractivity contribution is 5.85. The van der Waals surface area contributed by atoms with Crippen LogP contribution in [-0.2, 0) is 16.8 Å². The van der Waals surface area contributed by atoms with Gasteiger partial charge in [0.1, 0.15) is 6.10 Å². The van der Waals surface area contributed by atoms with E-state index in [1.165, 1.54) is 11.6 Å². The molecule has 1 unspecified atom stereocenters. The van der Waals surface area contributed by atoms with Crippen LogP contribution in [0, 0.1) is 0 Å². The van der Waals surface area contributed by atoms with Gasteiger partial charge in [-0.1, -0.05) is 23.8 Å². The van der Waals surface area contributed by atoms with Gasteiger partial charge in [0.15, 0.2) is 11.5 Å². The van der Waals surface area contributed by atoms with Gasteiger partial charge in [-0.05, 0) is 52.4 Å². The standard InChI is InChI=1S/C22H29NO4/c1-5-9-22-10-11-23(4)14-16-6-7-17(26-19(25)13-15(2)3)21(20(16)22)27-18(22)8-12-24/h5-7,9,13,18,24H,8,10-12,14H2,1-4H3/b9-5-/t18?,22-/m0/s1. The van der Waals surface area contributed by atoms with E-state index in [0.29, 0.717) is 17.9 Å². The van der Waals surface area contributed by atoms with Crippen LogP contribution in [0.3, 0.4) is 0 Å². The van der Waals surface area contributed by atoms with Gasteiger partial charge in [0.25, 0.3) is 0 Å². The smallest absolute Gasteiger partial charge is 0.336 e. The van der Waals surface area contributed by atoms with E-state index in [2.05, 4.69) is 24.1 Å².